The summed E-state index contributed by atoms with van der Waals surface area (Å²) in [7, 11) is 0. The molecule has 0 bridgehead atoms. The number of amides is 1. The first-order chi connectivity index (χ1) is 10.2. The molecule has 2 aromatic rings. The van der Waals surface area contributed by atoms with Crippen molar-refractivity contribution in [2.75, 3.05) is 13.2 Å². The quantitative estimate of drug-likeness (QED) is 0.902. The summed E-state index contributed by atoms with van der Waals surface area (Å²) in [6.45, 7) is 3.28. The van der Waals surface area contributed by atoms with Crippen LogP contribution in [0.1, 0.15) is 28.8 Å². The molecule has 0 saturated carbocycles. The highest BCUT2D eigenvalue weighted by Gasteiger charge is 2.17. The minimum atomic E-state index is -0.0862. The lowest BCUT2D eigenvalue weighted by atomic mass is 10.1. The van der Waals surface area contributed by atoms with Gasteiger partial charge in [0.05, 0.1) is 11.8 Å². The van der Waals surface area contributed by atoms with Gasteiger partial charge in [0.1, 0.15) is 6.33 Å². The van der Waals surface area contributed by atoms with Crippen LogP contribution in [0.15, 0.2) is 24.5 Å². The number of nitrogens with one attached hydrogen (secondary N) is 1. The number of benzene rings is 1. The number of hydrogen-bond acceptors (Lipinski definition) is 5. The minimum Gasteiger partial charge on any atom is -0.376 e. The van der Waals surface area contributed by atoms with Crippen molar-refractivity contribution in [2.45, 2.75) is 25.9 Å². The van der Waals surface area contributed by atoms with E-state index in [4.69, 9.17) is 4.74 Å². The topological polar surface area (TPSA) is 81.9 Å². The number of aryl methyl sites for hydroxylation is 1. The molecule has 3 rings (SSSR count). The van der Waals surface area contributed by atoms with Gasteiger partial charge in [-0.25, -0.2) is 4.68 Å². The van der Waals surface area contributed by atoms with Gasteiger partial charge in [0.2, 0.25) is 0 Å². The molecule has 1 aromatic heterocycles. The predicted octanol–water partition coefficient (Wildman–Crippen LogP) is 0.880. The minimum absolute atomic E-state index is 0.0862. The van der Waals surface area contributed by atoms with Crippen LogP contribution < -0.4 is 5.32 Å². The summed E-state index contributed by atoms with van der Waals surface area (Å²) < 4.78 is 7.06. The zero-order valence-electron chi connectivity index (χ0n) is 11.8. The normalized spacial score (nSPS) is 17.9. The van der Waals surface area contributed by atoms with Gasteiger partial charge in [0, 0.05) is 18.7 Å². The molecular formula is C14H17N5O2. The van der Waals surface area contributed by atoms with Crippen LogP contribution in [-0.2, 0) is 4.74 Å². The van der Waals surface area contributed by atoms with Crippen molar-refractivity contribution in [3.8, 4) is 5.69 Å². The molecule has 21 heavy (non-hydrogen) atoms. The fourth-order valence-electron chi connectivity index (χ4n) is 2.44. The zero-order valence-corrected chi connectivity index (χ0v) is 11.8. The van der Waals surface area contributed by atoms with Gasteiger partial charge in [-0.05, 0) is 54.0 Å². The van der Waals surface area contributed by atoms with Gasteiger partial charge in [-0.3, -0.25) is 4.79 Å². The molecule has 0 aliphatic carbocycles. The van der Waals surface area contributed by atoms with Crippen molar-refractivity contribution in [3.63, 3.8) is 0 Å². The molecular weight excluding hydrogens is 270 g/mol. The van der Waals surface area contributed by atoms with Crippen LogP contribution >= 0.6 is 0 Å². The smallest absolute Gasteiger partial charge is 0.251 e. The van der Waals surface area contributed by atoms with E-state index in [2.05, 4.69) is 20.8 Å². The average molecular weight is 287 g/mol. The molecule has 1 aliphatic rings. The summed E-state index contributed by atoms with van der Waals surface area (Å²) in [5.74, 6) is -0.0862. The third kappa shape index (κ3) is 3.08. The Morgan fingerprint density at radius 3 is 3.10 bits per heavy atom. The van der Waals surface area contributed by atoms with E-state index >= 15 is 0 Å². The van der Waals surface area contributed by atoms with Crippen molar-refractivity contribution in [3.05, 3.63) is 35.7 Å². The maximum absolute atomic E-state index is 12.1. The lowest BCUT2D eigenvalue weighted by Gasteiger charge is -2.12. The van der Waals surface area contributed by atoms with E-state index in [-0.39, 0.29) is 12.0 Å². The second-order valence-electron chi connectivity index (χ2n) is 5.10. The van der Waals surface area contributed by atoms with Crippen molar-refractivity contribution in [1.29, 1.82) is 0 Å². The standard InChI is InChI=1S/C14H17N5O2/c1-10-7-11(4-5-13(10)19-9-16-17-18-19)14(20)15-8-12-3-2-6-21-12/h4-5,7,9,12H,2-3,6,8H2,1H3,(H,15,20)/t12-/m1/s1. The third-order valence-corrected chi connectivity index (χ3v) is 3.57. The van der Waals surface area contributed by atoms with E-state index in [1.54, 1.807) is 10.7 Å². The first-order valence-corrected chi connectivity index (χ1v) is 6.98. The molecule has 1 fully saturated rings. The van der Waals surface area contributed by atoms with Crippen molar-refractivity contribution >= 4 is 5.91 Å². The van der Waals surface area contributed by atoms with Gasteiger partial charge in [-0.2, -0.15) is 0 Å². The fourth-order valence-corrected chi connectivity index (χ4v) is 2.44. The maximum Gasteiger partial charge on any atom is 0.251 e. The van der Waals surface area contributed by atoms with E-state index in [1.807, 2.05) is 19.1 Å². The summed E-state index contributed by atoms with van der Waals surface area (Å²) in [6, 6.07) is 5.45. The number of hydrogen-bond donors (Lipinski definition) is 1. The third-order valence-electron chi connectivity index (χ3n) is 3.57. The number of carbonyl (C=O) groups is 1. The van der Waals surface area contributed by atoms with Crippen LogP contribution in [0.4, 0.5) is 0 Å². The Balaban J connectivity index is 1.68. The Kier molecular flexibility index (Phi) is 3.92. The van der Waals surface area contributed by atoms with Gasteiger partial charge >= 0.3 is 0 Å². The van der Waals surface area contributed by atoms with Crippen molar-refractivity contribution in [1.82, 2.24) is 25.5 Å². The molecule has 1 saturated heterocycles. The number of rotatable bonds is 4. The zero-order chi connectivity index (χ0) is 14.7. The van der Waals surface area contributed by atoms with Crippen LogP contribution in [-0.4, -0.2) is 45.4 Å². The maximum atomic E-state index is 12.1. The van der Waals surface area contributed by atoms with Crippen LogP contribution in [0, 0.1) is 6.92 Å². The molecule has 7 heteroatoms. The first-order valence-electron chi connectivity index (χ1n) is 6.98. The summed E-state index contributed by atoms with van der Waals surface area (Å²) in [5, 5.41) is 14.0. The van der Waals surface area contributed by atoms with E-state index in [1.165, 1.54) is 6.33 Å². The Morgan fingerprint density at radius 1 is 1.52 bits per heavy atom. The molecule has 1 N–H and O–H groups in total. The predicted molar refractivity (Wildman–Crippen MR) is 75.2 cm³/mol. The Labute approximate surface area is 122 Å². The Hall–Kier alpha value is -2.28. The number of tetrazole rings is 1. The van der Waals surface area contributed by atoms with Gasteiger partial charge in [-0.15, -0.1) is 5.10 Å². The lowest BCUT2D eigenvalue weighted by Crippen LogP contribution is -2.31. The average Bonchev–Trinajstić information content (AvgIpc) is 3.17. The molecule has 0 unspecified atom stereocenters. The summed E-state index contributed by atoms with van der Waals surface area (Å²) in [4.78, 5) is 12.1. The van der Waals surface area contributed by atoms with Crippen molar-refractivity contribution < 1.29 is 9.53 Å². The number of nitrogens with zero attached hydrogens (tertiary/aromatic N) is 4. The van der Waals surface area contributed by atoms with Gasteiger partial charge < -0.3 is 10.1 Å². The molecule has 0 spiro atoms. The monoisotopic (exact) mass is 287 g/mol. The molecule has 7 nitrogen and oxygen atoms in total. The molecule has 2 heterocycles. The van der Waals surface area contributed by atoms with E-state index in [0.717, 1.165) is 30.7 Å². The molecule has 1 aromatic carbocycles. The number of ether oxygens (including phenoxy) is 1. The van der Waals surface area contributed by atoms with Crippen LogP contribution in [0.2, 0.25) is 0 Å². The van der Waals surface area contributed by atoms with E-state index < -0.39 is 0 Å². The SMILES string of the molecule is Cc1cc(C(=O)NC[C@H]2CCCO2)ccc1-n1cnnn1. The van der Waals surface area contributed by atoms with Crippen molar-refractivity contribution in [2.24, 2.45) is 0 Å². The van der Waals surface area contributed by atoms with Crippen LogP contribution in [0.25, 0.3) is 5.69 Å². The molecule has 1 atom stereocenters. The summed E-state index contributed by atoms with van der Waals surface area (Å²) in [6.07, 6.45) is 3.76. The second-order valence-corrected chi connectivity index (χ2v) is 5.10. The lowest BCUT2D eigenvalue weighted by molar-refractivity contribution is 0.0857. The van der Waals surface area contributed by atoms with Crippen LogP contribution in [0.5, 0.6) is 0 Å². The largest absolute Gasteiger partial charge is 0.376 e. The number of aromatic nitrogens is 4. The Morgan fingerprint density at radius 2 is 2.43 bits per heavy atom. The molecule has 1 aliphatic heterocycles. The second kappa shape index (κ2) is 6.01. The highest BCUT2D eigenvalue weighted by molar-refractivity contribution is 5.94. The van der Waals surface area contributed by atoms with Gasteiger partial charge in [0.15, 0.2) is 0 Å². The molecule has 0 radical (unpaired) electrons. The van der Waals surface area contributed by atoms with Gasteiger partial charge in [0.25, 0.3) is 5.91 Å². The van der Waals surface area contributed by atoms with Gasteiger partial charge in [-0.1, -0.05) is 0 Å². The summed E-state index contributed by atoms with van der Waals surface area (Å²) >= 11 is 0. The summed E-state index contributed by atoms with van der Waals surface area (Å²) in [5.41, 5.74) is 2.42. The van der Waals surface area contributed by atoms with E-state index in [0.29, 0.717) is 12.1 Å². The fraction of sp³-hybridized carbons (Fsp3) is 0.429. The highest BCUT2D eigenvalue weighted by Crippen LogP contribution is 2.15. The van der Waals surface area contributed by atoms with Crippen LogP contribution in [0.3, 0.4) is 0 Å². The number of carbonyl (C=O) groups excluding carboxylic acids is 1. The first kappa shape index (κ1) is 13.7. The van der Waals surface area contributed by atoms with E-state index in [9.17, 15) is 4.79 Å². The Bertz CT molecular complexity index is 620. The molecule has 1 amide bonds. The highest BCUT2D eigenvalue weighted by atomic mass is 16.5. The molecule has 110 valence electrons.